The lowest BCUT2D eigenvalue weighted by atomic mass is 10.3. The van der Waals surface area contributed by atoms with Crippen LogP contribution in [0.4, 0.5) is 0 Å². The Balaban J connectivity index is 2.60. The monoisotopic (exact) mass is 197 g/mol. The fourth-order valence-electron chi connectivity index (χ4n) is 0.809. The van der Waals surface area contributed by atoms with Gasteiger partial charge in [-0.3, -0.25) is 0 Å². The van der Waals surface area contributed by atoms with Gasteiger partial charge in [-0.2, -0.15) is 0 Å². The molecule has 0 fully saturated rings. The smallest absolute Gasteiger partial charge is 0.354 e. The Kier molecular flexibility index (Phi) is 3.41. The maximum atomic E-state index is 10.4. The van der Waals surface area contributed by atoms with Crippen LogP contribution < -0.4 is 4.74 Å². The van der Waals surface area contributed by atoms with Crippen LogP contribution in [0.2, 0.25) is 0 Å². The quantitative estimate of drug-likeness (QED) is 0.736. The molecule has 0 aromatic carbocycles. The number of hydrogen-bond acceptors (Lipinski definition) is 4. The fraction of sp³-hybridized carbons (Fsp3) is 0.333. The van der Waals surface area contributed by atoms with E-state index in [1.807, 2.05) is 0 Å². The third-order valence-corrected chi connectivity index (χ3v) is 1.45. The molecular weight excluding hydrogens is 186 g/mol. The number of aliphatic hydroxyl groups is 1. The number of pyridine rings is 1. The minimum absolute atomic E-state index is 0.0330. The van der Waals surface area contributed by atoms with Crippen LogP contribution in [0.25, 0.3) is 0 Å². The first kappa shape index (κ1) is 10.5. The van der Waals surface area contributed by atoms with E-state index in [2.05, 4.69) is 4.98 Å². The van der Waals surface area contributed by atoms with Crippen LogP contribution >= 0.6 is 0 Å². The first-order chi connectivity index (χ1) is 6.59. The topological polar surface area (TPSA) is 79.7 Å². The number of carboxylic acids is 1. The summed E-state index contributed by atoms with van der Waals surface area (Å²) in [6.45, 7) is 1.76. The first-order valence-corrected chi connectivity index (χ1v) is 4.10. The largest absolute Gasteiger partial charge is 0.489 e. The summed E-state index contributed by atoms with van der Waals surface area (Å²) in [5.41, 5.74) is -0.0330. The van der Waals surface area contributed by atoms with E-state index in [-0.39, 0.29) is 12.3 Å². The van der Waals surface area contributed by atoms with Gasteiger partial charge in [0.25, 0.3) is 0 Å². The molecule has 5 heteroatoms. The highest BCUT2D eigenvalue weighted by molar-refractivity contribution is 5.85. The summed E-state index contributed by atoms with van der Waals surface area (Å²) in [7, 11) is 0. The number of ether oxygens (including phenoxy) is 1. The molecule has 0 aliphatic carbocycles. The van der Waals surface area contributed by atoms with Crippen LogP contribution in [0, 0.1) is 0 Å². The van der Waals surface area contributed by atoms with Gasteiger partial charge in [0.15, 0.2) is 0 Å². The van der Waals surface area contributed by atoms with Crippen LogP contribution in [0.3, 0.4) is 0 Å². The van der Waals surface area contributed by atoms with Gasteiger partial charge in [-0.15, -0.1) is 0 Å². The van der Waals surface area contributed by atoms with Crippen molar-refractivity contribution in [1.82, 2.24) is 4.98 Å². The van der Waals surface area contributed by atoms with Crippen LogP contribution in [-0.4, -0.2) is 33.9 Å². The van der Waals surface area contributed by atoms with Gasteiger partial charge >= 0.3 is 5.97 Å². The minimum Gasteiger partial charge on any atom is -0.489 e. The maximum absolute atomic E-state index is 10.4. The molecule has 5 nitrogen and oxygen atoms in total. The van der Waals surface area contributed by atoms with Crippen molar-refractivity contribution < 1.29 is 19.7 Å². The molecule has 2 N–H and O–H groups in total. The van der Waals surface area contributed by atoms with Crippen LogP contribution in [0.1, 0.15) is 17.4 Å². The molecule has 0 saturated carbocycles. The normalized spacial score (nSPS) is 12.1. The third kappa shape index (κ3) is 3.02. The van der Waals surface area contributed by atoms with Gasteiger partial charge < -0.3 is 14.9 Å². The number of carboxylic acid groups (broad SMARTS) is 1. The van der Waals surface area contributed by atoms with E-state index in [0.717, 1.165) is 0 Å². The van der Waals surface area contributed by atoms with Crippen molar-refractivity contribution in [3.63, 3.8) is 0 Å². The molecule has 0 radical (unpaired) electrons. The predicted molar refractivity (Wildman–Crippen MR) is 48.4 cm³/mol. The Morgan fingerprint density at radius 1 is 1.64 bits per heavy atom. The summed E-state index contributed by atoms with van der Waals surface area (Å²) >= 11 is 0. The van der Waals surface area contributed by atoms with E-state index >= 15 is 0 Å². The Bertz CT molecular complexity index is 307. The molecule has 0 bridgehead atoms. The van der Waals surface area contributed by atoms with E-state index in [1.165, 1.54) is 18.3 Å². The molecule has 1 aromatic heterocycles. The Morgan fingerprint density at radius 2 is 2.36 bits per heavy atom. The minimum atomic E-state index is -1.08. The van der Waals surface area contributed by atoms with Gasteiger partial charge in [-0.1, -0.05) is 0 Å². The van der Waals surface area contributed by atoms with Crippen LogP contribution in [0.5, 0.6) is 5.75 Å². The maximum Gasteiger partial charge on any atom is 0.354 e. The molecule has 76 valence electrons. The summed E-state index contributed by atoms with van der Waals surface area (Å²) in [6, 6.07) is 2.85. The Hall–Kier alpha value is -1.62. The molecule has 1 rings (SSSR count). The Labute approximate surface area is 81.0 Å². The second-order valence-corrected chi connectivity index (χ2v) is 2.84. The molecule has 1 aromatic rings. The van der Waals surface area contributed by atoms with Crippen molar-refractivity contribution in [3.05, 3.63) is 24.0 Å². The average Bonchev–Trinajstić information content (AvgIpc) is 2.15. The highest BCUT2D eigenvalue weighted by Gasteiger charge is 2.04. The summed E-state index contributed by atoms with van der Waals surface area (Å²) < 4.78 is 5.10. The van der Waals surface area contributed by atoms with Crippen molar-refractivity contribution in [2.45, 2.75) is 13.0 Å². The molecule has 0 aliphatic heterocycles. The molecule has 1 heterocycles. The molecule has 1 atom stereocenters. The standard InChI is InChI=1S/C9H11NO4/c1-6(11)5-14-7-2-3-8(9(12)13)10-4-7/h2-4,6,11H,5H2,1H3,(H,12,13). The second-order valence-electron chi connectivity index (χ2n) is 2.84. The van der Waals surface area contributed by atoms with Gasteiger partial charge in [-0.05, 0) is 19.1 Å². The highest BCUT2D eigenvalue weighted by Crippen LogP contribution is 2.09. The predicted octanol–water partition coefficient (Wildman–Crippen LogP) is 0.539. The van der Waals surface area contributed by atoms with Crippen LogP contribution in [0.15, 0.2) is 18.3 Å². The van der Waals surface area contributed by atoms with Gasteiger partial charge in [0.1, 0.15) is 18.1 Å². The lowest BCUT2D eigenvalue weighted by Gasteiger charge is -2.07. The van der Waals surface area contributed by atoms with E-state index in [1.54, 1.807) is 6.92 Å². The average molecular weight is 197 g/mol. The Morgan fingerprint density at radius 3 is 2.79 bits per heavy atom. The number of rotatable bonds is 4. The zero-order valence-electron chi connectivity index (χ0n) is 7.67. The molecule has 0 amide bonds. The van der Waals surface area contributed by atoms with E-state index < -0.39 is 12.1 Å². The first-order valence-electron chi connectivity index (χ1n) is 4.10. The van der Waals surface area contributed by atoms with Gasteiger partial charge in [0.2, 0.25) is 0 Å². The van der Waals surface area contributed by atoms with E-state index in [9.17, 15) is 4.79 Å². The highest BCUT2D eigenvalue weighted by atomic mass is 16.5. The summed E-state index contributed by atoms with van der Waals surface area (Å²) in [6.07, 6.45) is 0.750. The van der Waals surface area contributed by atoms with Crippen molar-refractivity contribution >= 4 is 5.97 Å². The molecule has 14 heavy (non-hydrogen) atoms. The van der Waals surface area contributed by atoms with Gasteiger partial charge in [0, 0.05) is 0 Å². The van der Waals surface area contributed by atoms with Crippen molar-refractivity contribution in [3.8, 4) is 5.75 Å². The number of nitrogens with zero attached hydrogens (tertiary/aromatic N) is 1. The molecule has 0 spiro atoms. The second kappa shape index (κ2) is 4.57. The van der Waals surface area contributed by atoms with Crippen molar-refractivity contribution in [2.75, 3.05) is 6.61 Å². The zero-order chi connectivity index (χ0) is 10.6. The number of aliphatic hydroxyl groups excluding tert-OH is 1. The lowest BCUT2D eigenvalue weighted by molar-refractivity contribution is 0.0690. The van der Waals surface area contributed by atoms with Gasteiger partial charge in [0.05, 0.1) is 12.3 Å². The van der Waals surface area contributed by atoms with E-state index in [0.29, 0.717) is 5.75 Å². The molecule has 0 aliphatic rings. The SMILES string of the molecule is CC(O)COc1ccc(C(=O)O)nc1. The zero-order valence-corrected chi connectivity index (χ0v) is 7.67. The van der Waals surface area contributed by atoms with Gasteiger partial charge in [-0.25, -0.2) is 9.78 Å². The summed E-state index contributed by atoms with van der Waals surface area (Å²) in [5.74, 6) is -0.636. The molecule has 0 saturated heterocycles. The summed E-state index contributed by atoms with van der Waals surface area (Å²) in [5, 5.41) is 17.5. The molecule has 1 unspecified atom stereocenters. The number of hydrogen-bond donors (Lipinski definition) is 2. The lowest BCUT2D eigenvalue weighted by Crippen LogP contribution is -2.13. The number of aromatic carboxylic acids is 1. The fourth-order valence-corrected chi connectivity index (χ4v) is 0.809. The molecular formula is C9H11NO4. The summed E-state index contributed by atoms with van der Waals surface area (Å²) in [4.78, 5) is 14.1. The van der Waals surface area contributed by atoms with E-state index in [4.69, 9.17) is 14.9 Å². The number of carbonyl (C=O) groups is 1. The third-order valence-electron chi connectivity index (χ3n) is 1.45. The van der Waals surface area contributed by atoms with Crippen molar-refractivity contribution in [2.24, 2.45) is 0 Å². The van der Waals surface area contributed by atoms with Crippen LogP contribution in [-0.2, 0) is 0 Å². The number of aromatic nitrogens is 1. The van der Waals surface area contributed by atoms with Crippen molar-refractivity contribution in [1.29, 1.82) is 0 Å².